The molecule has 4 aliphatic rings. The first-order valence-electron chi connectivity index (χ1n) is 13.4. The van der Waals surface area contributed by atoms with Gasteiger partial charge in [-0.2, -0.15) is 0 Å². The molecule has 7 atom stereocenters. The van der Waals surface area contributed by atoms with Crippen LogP contribution in [0.15, 0.2) is 23.5 Å². The summed E-state index contributed by atoms with van der Waals surface area (Å²) in [7, 11) is 0. The van der Waals surface area contributed by atoms with Crippen molar-refractivity contribution in [3.05, 3.63) is 23.5 Å². The Morgan fingerprint density at radius 1 is 1.15 bits per heavy atom. The number of hydrogen-bond donors (Lipinski definition) is 0. The first-order valence-corrected chi connectivity index (χ1v) is 13.4. The molecule has 0 aromatic heterocycles. The average molecular weight is 455 g/mol. The summed E-state index contributed by atoms with van der Waals surface area (Å²) in [5, 5.41) is 0. The Balaban J connectivity index is 1.57. The van der Waals surface area contributed by atoms with Crippen LogP contribution in [0.1, 0.15) is 106 Å². The highest BCUT2D eigenvalue weighted by Gasteiger charge is 2.65. The van der Waals surface area contributed by atoms with Gasteiger partial charge in [-0.1, -0.05) is 53.2 Å². The normalized spacial score (nSPS) is 43.1. The summed E-state index contributed by atoms with van der Waals surface area (Å²) in [5.41, 5.74) is 2.44. The molecule has 0 heterocycles. The molecule has 4 aliphatic carbocycles. The standard InChI is InChI=1S/C30H46O3/c1-20(9-8-10-21(2)33-19-31)22-13-17-30(7)24-11-12-25-27(3,4)26(32)15-16-28(25,5)23(24)14-18-29(22,30)6/h10-11,19-20,22-23,25H,8-9,12-18H2,1-7H3/b21-10-/t20-,22-,23-,25-,28+,29-,30-/m0/s1. The minimum Gasteiger partial charge on any atom is -0.434 e. The highest BCUT2D eigenvalue weighted by atomic mass is 16.5. The van der Waals surface area contributed by atoms with Gasteiger partial charge in [0.1, 0.15) is 11.5 Å². The van der Waals surface area contributed by atoms with E-state index in [0.717, 1.165) is 38.0 Å². The number of ether oxygens (including phenoxy) is 1. The zero-order chi connectivity index (χ0) is 24.2. The quantitative estimate of drug-likeness (QED) is 0.235. The molecule has 0 unspecified atom stereocenters. The average Bonchev–Trinajstić information content (AvgIpc) is 3.03. The number of hydrogen-bond acceptors (Lipinski definition) is 3. The maximum absolute atomic E-state index is 12.8. The first-order chi connectivity index (χ1) is 15.4. The fourth-order valence-corrected chi connectivity index (χ4v) is 9.34. The van der Waals surface area contributed by atoms with E-state index in [-0.39, 0.29) is 16.2 Å². The van der Waals surface area contributed by atoms with Gasteiger partial charge in [0.25, 0.3) is 6.47 Å². The zero-order valence-electron chi connectivity index (χ0n) is 22.1. The maximum atomic E-state index is 12.8. The number of fused-ring (bicyclic) bond motifs is 5. The van der Waals surface area contributed by atoms with Crippen molar-refractivity contribution < 1.29 is 14.3 Å². The van der Waals surface area contributed by atoms with E-state index in [4.69, 9.17) is 4.74 Å². The van der Waals surface area contributed by atoms with Gasteiger partial charge in [-0.25, -0.2) is 0 Å². The molecule has 3 nitrogen and oxygen atoms in total. The Bertz CT molecular complexity index is 866. The number of carbonyl (C=O) groups excluding carboxylic acids is 2. The molecule has 0 saturated heterocycles. The Morgan fingerprint density at radius 3 is 2.58 bits per heavy atom. The third-order valence-electron chi connectivity index (χ3n) is 11.6. The Morgan fingerprint density at radius 2 is 1.88 bits per heavy atom. The minimum absolute atomic E-state index is 0.192. The van der Waals surface area contributed by atoms with E-state index in [1.807, 2.05) is 6.92 Å². The van der Waals surface area contributed by atoms with Gasteiger partial charge < -0.3 is 4.74 Å². The maximum Gasteiger partial charge on any atom is 0.298 e. The number of Topliss-reactive ketones (excluding diaryl/α,β-unsaturated/α-hetero) is 1. The molecule has 0 radical (unpaired) electrons. The molecule has 4 rings (SSSR count). The summed E-state index contributed by atoms with van der Waals surface area (Å²) in [6.45, 7) is 17.0. The van der Waals surface area contributed by atoms with Crippen LogP contribution >= 0.6 is 0 Å². The molecular weight excluding hydrogens is 408 g/mol. The molecule has 0 amide bonds. The number of allylic oxidation sites excluding steroid dienone is 4. The van der Waals surface area contributed by atoms with Crippen molar-refractivity contribution in [2.75, 3.05) is 0 Å². The lowest BCUT2D eigenvalue weighted by molar-refractivity contribution is -0.146. The summed E-state index contributed by atoms with van der Waals surface area (Å²) >= 11 is 0. The zero-order valence-corrected chi connectivity index (χ0v) is 22.1. The van der Waals surface area contributed by atoms with Crippen molar-refractivity contribution in [2.45, 2.75) is 106 Å². The van der Waals surface area contributed by atoms with Crippen LogP contribution in [-0.4, -0.2) is 12.3 Å². The molecule has 0 bridgehead atoms. The minimum atomic E-state index is -0.192. The largest absolute Gasteiger partial charge is 0.434 e. The highest BCUT2D eigenvalue weighted by molar-refractivity contribution is 5.85. The molecule has 0 aliphatic heterocycles. The molecule has 0 spiro atoms. The molecule has 33 heavy (non-hydrogen) atoms. The molecule has 184 valence electrons. The van der Waals surface area contributed by atoms with E-state index in [1.165, 1.54) is 25.7 Å². The van der Waals surface area contributed by atoms with Gasteiger partial charge in [0.2, 0.25) is 0 Å². The summed E-state index contributed by atoms with van der Waals surface area (Å²) in [6.07, 6.45) is 14.9. The second kappa shape index (κ2) is 8.38. The van der Waals surface area contributed by atoms with Crippen LogP contribution in [0.25, 0.3) is 0 Å². The van der Waals surface area contributed by atoms with E-state index in [2.05, 4.69) is 53.7 Å². The Hall–Kier alpha value is -1.38. The van der Waals surface area contributed by atoms with Crippen molar-refractivity contribution in [2.24, 2.45) is 45.3 Å². The summed E-state index contributed by atoms with van der Waals surface area (Å²) in [6, 6.07) is 0. The van der Waals surface area contributed by atoms with E-state index in [0.29, 0.717) is 41.2 Å². The third-order valence-corrected chi connectivity index (χ3v) is 11.6. The molecule has 0 N–H and O–H groups in total. The van der Waals surface area contributed by atoms with Crippen molar-refractivity contribution in [1.82, 2.24) is 0 Å². The molecule has 3 fully saturated rings. The number of rotatable bonds is 6. The van der Waals surface area contributed by atoms with Crippen molar-refractivity contribution in [3.8, 4) is 0 Å². The summed E-state index contributed by atoms with van der Waals surface area (Å²) in [5.74, 6) is 3.71. The predicted octanol–water partition coefficient (Wildman–Crippen LogP) is 7.65. The van der Waals surface area contributed by atoms with Gasteiger partial charge in [-0.05, 0) is 104 Å². The van der Waals surface area contributed by atoms with Crippen LogP contribution in [0.4, 0.5) is 0 Å². The van der Waals surface area contributed by atoms with Gasteiger partial charge in [0, 0.05) is 11.8 Å². The number of ketones is 1. The second-order valence-electron chi connectivity index (χ2n) is 13.2. The van der Waals surface area contributed by atoms with E-state index >= 15 is 0 Å². The molecule has 3 saturated carbocycles. The topological polar surface area (TPSA) is 43.4 Å². The second-order valence-corrected chi connectivity index (χ2v) is 13.2. The monoisotopic (exact) mass is 454 g/mol. The fraction of sp³-hybridized carbons (Fsp3) is 0.800. The fourth-order valence-electron chi connectivity index (χ4n) is 9.34. The smallest absolute Gasteiger partial charge is 0.298 e. The predicted molar refractivity (Wildman–Crippen MR) is 133 cm³/mol. The van der Waals surface area contributed by atoms with Crippen LogP contribution in [-0.2, 0) is 14.3 Å². The summed E-state index contributed by atoms with van der Waals surface area (Å²) in [4.78, 5) is 23.4. The van der Waals surface area contributed by atoms with Gasteiger partial charge >= 0.3 is 0 Å². The Kier molecular flexibility index (Phi) is 6.28. The van der Waals surface area contributed by atoms with Crippen molar-refractivity contribution in [3.63, 3.8) is 0 Å². The van der Waals surface area contributed by atoms with Crippen LogP contribution in [0.2, 0.25) is 0 Å². The number of carbonyl (C=O) groups is 2. The van der Waals surface area contributed by atoms with Crippen LogP contribution in [0.3, 0.4) is 0 Å². The highest BCUT2D eigenvalue weighted by Crippen LogP contribution is 2.73. The van der Waals surface area contributed by atoms with E-state index in [9.17, 15) is 9.59 Å². The molecule has 3 heteroatoms. The molecule has 0 aromatic rings. The van der Waals surface area contributed by atoms with Gasteiger partial charge in [0.15, 0.2) is 0 Å². The summed E-state index contributed by atoms with van der Waals surface area (Å²) < 4.78 is 4.96. The van der Waals surface area contributed by atoms with Crippen molar-refractivity contribution in [1.29, 1.82) is 0 Å². The van der Waals surface area contributed by atoms with Crippen molar-refractivity contribution >= 4 is 12.3 Å². The van der Waals surface area contributed by atoms with E-state index < -0.39 is 0 Å². The van der Waals surface area contributed by atoms with Crippen LogP contribution in [0.5, 0.6) is 0 Å². The molecule has 0 aromatic carbocycles. The van der Waals surface area contributed by atoms with Gasteiger partial charge in [0.05, 0.1) is 0 Å². The Labute approximate surface area is 201 Å². The van der Waals surface area contributed by atoms with Gasteiger partial charge in [-0.15, -0.1) is 0 Å². The third kappa shape index (κ3) is 3.59. The lowest BCUT2D eigenvalue weighted by atomic mass is 9.41. The van der Waals surface area contributed by atoms with Crippen LogP contribution in [0, 0.1) is 45.3 Å². The first kappa shape index (κ1) is 24.7. The SMILES string of the molecule is C/C(=C/CC[C@H](C)[C@@H]1CC[C@@]2(C)C3=CC[C@H]4C(C)(C)C(=O)CC[C@]4(C)[C@H]3CC[C@@]12C)OC=O. The van der Waals surface area contributed by atoms with Crippen LogP contribution < -0.4 is 0 Å². The van der Waals surface area contributed by atoms with Gasteiger partial charge in [-0.3, -0.25) is 9.59 Å². The molecular formula is C30H46O3. The lowest BCUT2D eigenvalue weighted by Crippen LogP contribution is -2.57. The van der Waals surface area contributed by atoms with E-state index in [1.54, 1.807) is 5.57 Å². The lowest BCUT2D eigenvalue weighted by Gasteiger charge is -2.63.